The molecule has 8 heteroatoms. The van der Waals surface area contributed by atoms with E-state index in [9.17, 15) is 8.42 Å². The molecule has 0 bridgehead atoms. The van der Waals surface area contributed by atoms with Gasteiger partial charge in [0.1, 0.15) is 11.5 Å². The molecule has 3 rings (SSSR count). The first kappa shape index (κ1) is 19.2. The second kappa shape index (κ2) is 7.58. The highest BCUT2D eigenvalue weighted by molar-refractivity contribution is 7.93. The molecule has 1 N–H and O–H groups in total. The van der Waals surface area contributed by atoms with Crippen LogP contribution < -0.4 is 14.2 Å². The van der Waals surface area contributed by atoms with Crippen molar-refractivity contribution in [2.75, 3.05) is 18.9 Å². The molecule has 0 atom stereocenters. The fourth-order valence-electron chi connectivity index (χ4n) is 2.63. The van der Waals surface area contributed by atoms with Gasteiger partial charge < -0.3 is 9.47 Å². The molecule has 2 aromatic carbocycles. The Hall–Kier alpha value is -2.58. The van der Waals surface area contributed by atoms with Crippen LogP contribution in [0, 0.1) is 13.8 Å². The Kier molecular flexibility index (Phi) is 5.38. The number of nitrogens with one attached hydrogen (secondary N) is 1. The maximum Gasteiger partial charge on any atom is 0.263 e. The smallest absolute Gasteiger partial charge is 0.263 e. The lowest BCUT2D eigenvalue weighted by atomic mass is 10.1. The number of methoxy groups -OCH3 is 2. The Labute approximate surface area is 162 Å². The number of nitrogens with zero attached hydrogens (tertiary/aromatic N) is 1. The van der Waals surface area contributed by atoms with Crippen LogP contribution in [-0.4, -0.2) is 27.6 Å². The molecule has 0 saturated heterocycles. The number of ether oxygens (including phenoxy) is 2. The molecule has 0 aliphatic rings. The third-order valence-electron chi connectivity index (χ3n) is 4.04. The van der Waals surface area contributed by atoms with E-state index in [1.165, 1.54) is 11.3 Å². The maximum absolute atomic E-state index is 12.8. The Balaban J connectivity index is 1.94. The first-order valence-electron chi connectivity index (χ1n) is 8.12. The summed E-state index contributed by atoms with van der Waals surface area (Å²) in [7, 11) is -0.571. The van der Waals surface area contributed by atoms with Crippen molar-refractivity contribution in [1.29, 1.82) is 0 Å². The zero-order chi connectivity index (χ0) is 19.6. The van der Waals surface area contributed by atoms with Gasteiger partial charge in [-0.25, -0.2) is 13.4 Å². The predicted molar refractivity (Wildman–Crippen MR) is 107 cm³/mol. The van der Waals surface area contributed by atoms with Crippen LogP contribution in [0.15, 0.2) is 46.7 Å². The standard InChI is InChI=1S/C19H20N2O4S2/c1-12-5-6-13(2)18(9-12)27(22,23)21-19-20-16(11-26-19)15-10-14(24-3)7-8-17(15)25-4/h5-11H,1-4H3,(H,20,21). The van der Waals surface area contributed by atoms with Crippen molar-refractivity contribution in [3.8, 4) is 22.8 Å². The van der Waals surface area contributed by atoms with Crippen LogP contribution in [0.4, 0.5) is 5.13 Å². The van der Waals surface area contributed by atoms with Crippen LogP contribution >= 0.6 is 11.3 Å². The summed E-state index contributed by atoms with van der Waals surface area (Å²) in [5.41, 5.74) is 2.89. The third kappa shape index (κ3) is 4.06. The van der Waals surface area contributed by atoms with E-state index in [0.717, 1.165) is 11.1 Å². The Bertz CT molecular complexity index is 1080. The van der Waals surface area contributed by atoms with Gasteiger partial charge in [0.05, 0.1) is 24.8 Å². The van der Waals surface area contributed by atoms with E-state index in [2.05, 4.69) is 9.71 Å². The van der Waals surface area contributed by atoms with Gasteiger partial charge in [0, 0.05) is 10.9 Å². The number of benzene rings is 2. The van der Waals surface area contributed by atoms with Crippen molar-refractivity contribution in [2.24, 2.45) is 0 Å². The van der Waals surface area contributed by atoms with E-state index in [1.54, 1.807) is 56.9 Å². The van der Waals surface area contributed by atoms with Gasteiger partial charge in [-0.15, -0.1) is 11.3 Å². The summed E-state index contributed by atoms with van der Waals surface area (Å²) in [6, 6.07) is 10.7. The van der Waals surface area contributed by atoms with Gasteiger partial charge in [0.25, 0.3) is 10.0 Å². The van der Waals surface area contributed by atoms with Crippen LogP contribution in [0.2, 0.25) is 0 Å². The molecule has 0 fully saturated rings. The molecule has 27 heavy (non-hydrogen) atoms. The molecule has 1 heterocycles. The lowest BCUT2D eigenvalue weighted by Crippen LogP contribution is -2.14. The molecule has 0 spiro atoms. The molecule has 3 aromatic rings. The molecule has 1 aromatic heterocycles. The number of aryl methyl sites for hydroxylation is 2. The molecule has 0 aliphatic carbocycles. The summed E-state index contributed by atoms with van der Waals surface area (Å²) in [4.78, 5) is 4.67. The largest absolute Gasteiger partial charge is 0.497 e. The maximum atomic E-state index is 12.8. The van der Waals surface area contributed by atoms with E-state index in [1.807, 2.05) is 13.0 Å². The van der Waals surface area contributed by atoms with Gasteiger partial charge >= 0.3 is 0 Å². The zero-order valence-electron chi connectivity index (χ0n) is 15.4. The highest BCUT2D eigenvalue weighted by Crippen LogP contribution is 2.35. The minimum atomic E-state index is -3.72. The Morgan fingerprint density at radius 1 is 1.04 bits per heavy atom. The number of thiazole rings is 1. The average molecular weight is 405 g/mol. The summed E-state index contributed by atoms with van der Waals surface area (Å²) in [5, 5.41) is 2.06. The molecule has 0 saturated carbocycles. The van der Waals surface area contributed by atoms with Gasteiger partial charge in [-0.05, 0) is 49.2 Å². The Morgan fingerprint density at radius 2 is 1.81 bits per heavy atom. The second-order valence-corrected chi connectivity index (χ2v) is 8.49. The molecule has 0 unspecified atom stereocenters. The molecule has 0 aliphatic heterocycles. The zero-order valence-corrected chi connectivity index (χ0v) is 17.1. The number of hydrogen-bond acceptors (Lipinski definition) is 6. The fourth-order valence-corrected chi connectivity index (χ4v) is 4.92. The normalized spacial score (nSPS) is 11.3. The van der Waals surface area contributed by atoms with Crippen LogP contribution in [-0.2, 0) is 10.0 Å². The molecule has 0 amide bonds. The lowest BCUT2D eigenvalue weighted by molar-refractivity contribution is 0.404. The number of aromatic nitrogens is 1. The summed E-state index contributed by atoms with van der Waals surface area (Å²) in [6.45, 7) is 3.62. The highest BCUT2D eigenvalue weighted by atomic mass is 32.2. The Morgan fingerprint density at radius 3 is 2.52 bits per heavy atom. The number of sulfonamides is 1. The fraction of sp³-hybridized carbons (Fsp3) is 0.211. The molecule has 6 nitrogen and oxygen atoms in total. The molecule has 0 radical (unpaired) electrons. The molecular formula is C19H20N2O4S2. The number of hydrogen-bond donors (Lipinski definition) is 1. The van der Waals surface area contributed by atoms with Crippen molar-refractivity contribution in [3.63, 3.8) is 0 Å². The third-order valence-corrected chi connectivity index (χ3v) is 6.41. The summed E-state index contributed by atoms with van der Waals surface area (Å²) in [5.74, 6) is 1.29. The van der Waals surface area contributed by atoms with Crippen molar-refractivity contribution in [2.45, 2.75) is 18.7 Å². The average Bonchev–Trinajstić information content (AvgIpc) is 3.10. The monoisotopic (exact) mass is 404 g/mol. The first-order chi connectivity index (χ1) is 12.8. The van der Waals surface area contributed by atoms with Gasteiger partial charge in [-0.2, -0.15) is 0 Å². The summed E-state index contributed by atoms with van der Waals surface area (Å²) >= 11 is 1.21. The number of rotatable bonds is 6. The van der Waals surface area contributed by atoms with Gasteiger partial charge in [-0.3, -0.25) is 4.72 Å². The van der Waals surface area contributed by atoms with Gasteiger partial charge in [0.2, 0.25) is 0 Å². The van der Waals surface area contributed by atoms with Crippen LogP contribution in [0.5, 0.6) is 11.5 Å². The quantitative estimate of drug-likeness (QED) is 0.665. The molecule has 142 valence electrons. The highest BCUT2D eigenvalue weighted by Gasteiger charge is 2.20. The minimum absolute atomic E-state index is 0.248. The van der Waals surface area contributed by atoms with Crippen molar-refractivity contribution >= 4 is 26.5 Å². The SMILES string of the molecule is COc1ccc(OC)c(-c2csc(NS(=O)(=O)c3cc(C)ccc3C)n2)c1. The first-order valence-corrected chi connectivity index (χ1v) is 10.5. The van der Waals surface area contributed by atoms with Crippen molar-refractivity contribution in [1.82, 2.24) is 4.98 Å². The van der Waals surface area contributed by atoms with E-state index in [4.69, 9.17) is 9.47 Å². The van der Waals surface area contributed by atoms with E-state index in [0.29, 0.717) is 22.8 Å². The number of anilines is 1. The van der Waals surface area contributed by atoms with E-state index in [-0.39, 0.29) is 10.0 Å². The van der Waals surface area contributed by atoms with E-state index >= 15 is 0 Å². The van der Waals surface area contributed by atoms with Crippen molar-refractivity contribution < 1.29 is 17.9 Å². The lowest BCUT2D eigenvalue weighted by Gasteiger charge is -2.09. The summed E-state index contributed by atoms with van der Waals surface area (Å²) in [6.07, 6.45) is 0. The van der Waals surface area contributed by atoms with Crippen LogP contribution in [0.25, 0.3) is 11.3 Å². The topological polar surface area (TPSA) is 77.5 Å². The van der Waals surface area contributed by atoms with Crippen molar-refractivity contribution in [3.05, 3.63) is 52.9 Å². The second-order valence-electron chi connectivity index (χ2n) is 5.98. The minimum Gasteiger partial charge on any atom is -0.497 e. The van der Waals surface area contributed by atoms with Crippen LogP contribution in [0.1, 0.15) is 11.1 Å². The van der Waals surface area contributed by atoms with Gasteiger partial charge in [-0.1, -0.05) is 12.1 Å². The molecular weight excluding hydrogens is 384 g/mol. The van der Waals surface area contributed by atoms with Gasteiger partial charge in [0.15, 0.2) is 5.13 Å². The van der Waals surface area contributed by atoms with Crippen LogP contribution in [0.3, 0.4) is 0 Å². The summed E-state index contributed by atoms with van der Waals surface area (Å²) < 4.78 is 38.7. The predicted octanol–water partition coefficient (Wildman–Crippen LogP) is 4.24. The van der Waals surface area contributed by atoms with E-state index < -0.39 is 10.0 Å².